The molecular formula is C48H65F2N5O6SSi. The summed E-state index contributed by atoms with van der Waals surface area (Å²) in [6, 6.07) is 18.7. The van der Waals surface area contributed by atoms with Crippen molar-refractivity contribution in [3.63, 3.8) is 0 Å². The van der Waals surface area contributed by atoms with E-state index in [0.717, 1.165) is 40.1 Å². The third kappa shape index (κ3) is 11.1. The van der Waals surface area contributed by atoms with Gasteiger partial charge in [0.15, 0.2) is 14.1 Å². The minimum absolute atomic E-state index is 0.0350. The fraction of sp³-hybridized carbons (Fsp3) is 0.583. The van der Waals surface area contributed by atoms with Crippen LogP contribution in [0.15, 0.2) is 70.7 Å². The zero-order valence-electron chi connectivity index (χ0n) is 38.1. The normalized spacial score (nSPS) is 22.4. The van der Waals surface area contributed by atoms with Gasteiger partial charge in [0, 0.05) is 38.5 Å². The first-order valence-electron chi connectivity index (χ1n) is 22.4. The first kappa shape index (κ1) is 47.0. The number of carbonyl (C=O) groups excluding carboxylic acids is 2. The third-order valence-corrected chi connectivity index (χ3v) is 19.2. The van der Waals surface area contributed by atoms with E-state index < -0.39 is 31.6 Å². The Balaban J connectivity index is 0.949. The molecule has 63 heavy (non-hydrogen) atoms. The molecule has 1 aliphatic carbocycles. The van der Waals surface area contributed by atoms with Crippen LogP contribution in [0.1, 0.15) is 88.8 Å². The second-order valence-corrected chi connectivity index (χ2v) is 25.5. The molecule has 342 valence electrons. The van der Waals surface area contributed by atoms with Crippen LogP contribution in [-0.2, 0) is 31.9 Å². The van der Waals surface area contributed by atoms with Crippen LogP contribution in [0.4, 0.5) is 8.78 Å². The zero-order chi connectivity index (χ0) is 45.2. The number of nitrogens with one attached hydrogen (secondary N) is 1. The fourth-order valence-electron chi connectivity index (χ4n) is 8.66. The largest absolute Gasteiger partial charge is 0.475 e. The van der Waals surface area contributed by atoms with Gasteiger partial charge >= 0.3 is 0 Å². The molecule has 4 atom stereocenters. The van der Waals surface area contributed by atoms with Crippen LogP contribution < -0.4 is 10.1 Å². The summed E-state index contributed by atoms with van der Waals surface area (Å²) < 4.78 is 54.0. The first-order valence-corrected chi connectivity index (χ1v) is 26.2. The van der Waals surface area contributed by atoms with Crippen molar-refractivity contribution < 1.29 is 36.8 Å². The van der Waals surface area contributed by atoms with Crippen LogP contribution >= 0.6 is 11.3 Å². The quantitative estimate of drug-likeness (QED) is 0.0975. The maximum atomic E-state index is 14.7. The number of halogens is 2. The van der Waals surface area contributed by atoms with E-state index in [0.29, 0.717) is 64.0 Å². The molecule has 3 aliphatic rings. The molecule has 2 aromatic heterocycles. The predicted octanol–water partition coefficient (Wildman–Crippen LogP) is 9.49. The Morgan fingerprint density at radius 3 is 2.37 bits per heavy atom. The van der Waals surface area contributed by atoms with Gasteiger partial charge in [0.25, 0.3) is 11.8 Å². The average Bonchev–Trinajstić information content (AvgIpc) is 3.77. The van der Waals surface area contributed by atoms with E-state index in [-0.39, 0.29) is 47.8 Å². The molecule has 4 heterocycles. The highest BCUT2D eigenvalue weighted by Crippen LogP contribution is 2.61. The molecule has 2 aliphatic heterocycles. The summed E-state index contributed by atoms with van der Waals surface area (Å²) in [6.07, 6.45) is 1.57. The highest BCUT2D eigenvalue weighted by atomic mass is 32.1. The van der Waals surface area contributed by atoms with Gasteiger partial charge in [-0.15, -0.1) is 11.3 Å². The van der Waals surface area contributed by atoms with Gasteiger partial charge < -0.3 is 33.5 Å². The number of aromatic nitrogens is 2. The summed E-state index contributed by atoms with van der Waals surface area (Å²) in [7, 11) is -2.23. The molecule has 2 aromatic carbocycles. The molecule has 1 unspecified atom stereocenters. The van der Waals surface area contributed by atoms with Crippen LogP contribution in [0.25, 0.3) is 10.4 Å². The number of hydrogen-bond donors (Lipinski definition) is 1. The van der Waals surface area contributed by atoms with Crippen molar-refractivity contribution in [1.82, 2.24) is 25.3 Å². The molecule has 11 nitrogen and oxygen atoms in total. The maximum absolute atomic E-state index is 14.7. The van der Waals surface area contributed by atoms with E-state index >= 15 is 0 Å². The van der Waals surface area contributed by atoms with Crippen molar-refractivity contribution in [1.29, 1.82) is 0 Å². The molecule has 0 radical (unpaired) electrons. The molecule has 7 rings (SSSR count). The van der Waals surface area contributed by atoms with Gasteiger partial charge in [-0.1, -0.05) is 89.2 Å². The number of aryl methyl sites for hydroxylation is 1. The van der Waals surface area contributed by atoms with E-state index in [1.54, 1.807) is 22.3 Å². The molecule has 1 saturated carbocycles. The maximum Gasteiger partial charge on any atom is 0.258 e. The monoisotopic (exact) mass is 905 g/mol. The molecule has 3 fully saturated rings. The van der Waals surface area contributed by atoms with Crippen LogP contribution in [0, 0.1) is 24.2 Å². The summed E-state index contributed by atoms with van der Waals surface area (Å²) in [5.41, 5.74) is 4.70. The number of amides is 2. The molecular weight excluding hydrogens is 841 g/mol. The second kappa shape index (κ2) is 19.2. The molecule has 2 saturated heterocycles. The lowest BCUT2D eigenvalue weighted by atomic mass is 9.91. The van der Waals surface area contributed by atoms with Gasteiger partial charge in [-0.05, 0) is 84.7 Å². The molecule has 15 heteroatoms. The van der Waals surface area contributed by atoms with Crippen molar-refractivity contribution in [2.45, 2.75) is 122 Å². The number of likely N-dealkylation sites (tertiary alicyclic amines) is 2. The molecule has 0 bridgehead atoms. The number of nitrogens with zero attached hydrogens (tertiary/aromatic N) is 4. The Hall–Kier alpha value is -4.02. The number of benzene rings is 2. The summed E-state index contributed by atoms with van der Waals surface area (Å²) >= 11 is 1.60. The molecule has 4 aromatic rings. The number of hydrogen-bond acceptors (Lipinski definition) is 10. The highest BCUT2D eigenvalue weighted by molar-refractivity contribution is 7.13. The van der Waals surface area contributed by atoms with Gasteiger partial charge in [0.2, 0.25) is 11.8 Å². The van der Waals surface area contributed by atoms with Crippen molar-refractivity contribution in [2.24, 2.45) is 17.3 Å². The van der Waals surface area contributed by atoms with Crippen molar-refractivity contribution in [3.8, 4) is 16.3 Å². The zero-order valence-corrected chi connectivity index (χ0v) is 39.9. The van der Waals surface area contributed by atoms with Crippen LogP contribution in [0.5, 0.6) is 5.88 Å². The average molecular weight is 906 g/mol. The topological polar surface area (TPSA) is 119 Å². The highest BCUT2D eigenvalue weighted by Gasteiger charge is 2.71. The van der Waals surface area contributed by atoms with E-state index in [2.05, 4.69) is 54.2 Å². The number of piperidine rings is 1. The Kier molecular flexibility index (Phi) is 14.3. The number of rotatable bonds is 18. The standard InChI is InChI=1S/C48H65F2N5O6SSi/c1-32(2)42(40-23-41(53-60-40)59-27-36-18-20-54(21-19-36)29-47(28-48(47,49)50)30-58-26-35-12-10-9-11-13-35)45(57)55-25-38(61-63(7,8)46(4,5)6)22-39(55)44(56)51-24-34-14-16-37(17-15-34)43-33(3)52-31-62-43/h9-17,23,31-32,36,38-39,42H,18-22,24-30H2,1-8H3,(H,51,56)/t38-,39+,42?,47-/m1/s1. The van der Waals surface area contributed by atoms with Gasteiger partial charge in [-0.3, -0.25) is 9.59 Å². The first-order chi connectivity index (χ1) is 29.8. The fourth-order valence-corrected chi connectivity index (χ4v) is 10.8. The van der Waals surface area contributed by atoms with Crippen LogP contribution in [-0.4, -0.2) is 97.5 Å². The predicted molar refractivity (Wildman–Crippen MR) is 243 cm³/mol. The SMILES string of the molecule is Cc1ncsc1-c1ccc(CNC(=O)[C@@H]2C[C@@H](O[Si](C)(C)C(C)(C)C)CN2C(=O)C(c2cc(OCC3CCN(C[C@@]4(COCc5ccccc5)CC4(F)F)CC3)no2)C(C)C)cc1. The van der Waals surface area contributed by atoms with Gasteiger partial charge in [-0.25, -0.2) is 13.8 Å². The summed E-state index contributed by atoms with van der Waals surface area (Å²) in [5.74, 6) is -3.13. The van der Waals surface area contributed by atoms with Crippen LogP contribution in [0.2, 0.25) is 18.1 Å². The number of alkyl halides is 2. The van der Waals surface area contributed by atoms with Gasteiger partial charge in [0.1, 0.15) is 12.0 Å². The Morgan fingerprint density at radius 1 is 1.05 bits per heavy atom. The van der Waals surface area contributed by atoms with Gasteiger partial charge in [0.05, 0.1) is 47.4 Å². The van der Waals surface area contributed by atoms with Crippen LogP contribution in [0.3, 0.4) is 0 Å². The van der Waals surface area contributed by atoms with E-state index in [9.17, 15) is 18.4 Å². The van der Waals surface area contributed by atoms with E-state index in [1.165, 1.54) is 0 Å². The number of ether oxygens (including phenoxy) is 2. The lowest BCUT2D eigenvalue weighted by Gasteiger charge is -2.38. The number of thiazole rings is 1. The third-order valence-electron chi connectivity index (χ3n) is 13.7. The van der Waals surface area contributed by atoms with E-state index in [4.69, 9.17) is 18.4 Å². The van der Waals surface area contributed by atoms with Crippen molar-refractivity contribution in [2.75, 3.05) is 39.4 Å². The smallest absolute Gasteiger partial charge is 0.258 e. The molecule has 0 spiro atoms. The van der Waals surface area contributed by atoms with Crippen molar-refractivity contribution >= 4 is 31.5 Å². The summed E-state index contributed by atoms with van der Waals surface area (Å²) in [5, 5.41) is 7.28. The minimum atomic E-state index is -2.72. The summed E-state index contributed by atoms with van der Waals surface area (Å²) in [4.78, 5) is 38.0. The minimum Gasteiger partial charge on any atom is -0.475 e. The van der Waals surface area contributed by atoms with E-state index in [1.807, 2.05) is 80.9 Å². The molecule has 2 amide bonds. The Bertz CT molecular complexity index is 2150. The number of carbonyl (C=O) groups is 2. The summed E-state index contributed by atoms with van der Waals surface area (Å²) in [6.45, 7) is 19.9. The second-order valence-electron chi connectivity index (χ2n) is 19.9. The molecule has 1 N–H and O–H groups in total. The van der Waals surface area contributed by atoms with Gasteiger partial charge in [-0.2, -0.15) is 0 Å². The Labute approximate surface area is 376 Å². The Morgan fingerprint density at radius 2 is 1.75 bits per heavy atom. The lowest BCUT2D eigenvalue weighted by molar-refractivity contribution is -0.141. The van der Waals surface area contributed by atoms with Crippen molar-refractivity contribution in [3.05, 3.63) is 88.8 Å². The lowest BCUT2D eigenvalue weighted by Crippen LogP contribution is -2.48.